The molecular formula is C12H16N2O. The molecule has 0 atom stereocenters. The van der Waals surface area contributed by atoms with Crippen LogP contribution >= 0.6 is 0 Å². The number of Topliss-reactive ketones (excluding diaryl/α,β-unsaturated/α-hetero) is 1. The van der Waals surface area contributed by atoms with Gasteiger partial charge in [0.15, 0.2) is 5.78 Å². The van der Waals surface area contributed by atoms with Crippen molar-refractivity contribution in [3.8, 4) is 0 Å². The molecule has 1 aromatic rings. The first-order valence-corrected chi connectivity index (χ1v) is 5.45. The van der Waals surface area contributed by atoms with Crippen molar-refractivity contribution in [1.29, 1.82) is 0 Å². The molecule has 0 N–H and O–H groups in total. The maximum absolute atomic E-state index is 11.8. The first-order valence-electron chi connectivity index (χ1n) is 5.45. The van der Waals surface area contributed by atoms with Gasteiger partial charge in [-0.3, -0.25) is 9.48 Å². The number of carbonyl (C=O) groups excluding carboxylic acids is 1. The molecule has 80 valence electrons. The van der Waals surface area contributed by atoms with Crippen molar-refractivity contribution in [3.63, 3.8) is 0 Å². The van der Waals surface area contributed by atoms with Gasteiger partial charge in [0.2, 0.25) is 0 Å². The Bertz CT molecular complexity index is 390. The quantitative estimate of drug-likeness (QED) is 0.560. The second-order valence-corrected chi connectivity index (χ2v) is 4.11. The van der Waals surface area contributed by atoms with E-state index < -0.39 is 0 Å². The summed E-state index contributed by atoms with van der Waals surface area (Å²) in [6.45, 7) is 0. The summed E-state index contributed by atoms with van der Waals surface area (Å²) >= 11 is 0. The average Bonchev–Trinajstić information content (AvgIpc) is 2.66. The highest BCUT2D eigenvalue weighted by molar-refractivity contribution is 5.97. The highest BCUT2D eigenvalue weighted by Gasteiger charge is 2.12. The van der Waals surface area contributed by atoms with Crippen LogP contribution in [-0.4, -0.2) is 15.6 Å². The molecule has 0 fully saturated rings. The van der Waals surface area contributed by atoms with Crippen LogP contribution in [0.25, 0.3) is 0 Å². The van der Waals surface area contributed by atoms with Gasteiger partial charge in [0.05, 0.1) is 11.8 Å². The van der Waals surface area contributed by atoms with Crippen LogP contribution in [0.2, 0.25) is 0 Å². The van der Waals surface area contributed by atoms with Crippen LogP contribution in [0.5, 0.6) is 0 Å². The van der Waals surface area contributed by atoms with Crippen LogP contribution in [0.4, 0.5) is 0 Å². The third kappa shape index (κ3) is 2.55. The molecule has 1 heterocycles. The Labute approximate surface area is 89.8 Å². The number of nitrogens with zero attached hydrogens (tertiary/aromatic N) is 2. The Balaban J connectivity index is 2.00. The first-order chi connectivity index (χ1) is 7.25. The molecule has 15 heavy (non-hydrogen) atoms. The van der Waals surface area contributed by atoms with Crippen LogP contribution in [-0.2, 0) is 7.05 Å². The number of allylic oxidation sites excluding steroid dienone is 2. The van der Waals surface area contributed by atoms with Crippen molar-refractivity contribution in [2.75, 3.05) is 0 Å². The lowest BCUT2D eigenvalue weighted by Gasteiger charge is -2.10. The van der Waals surface area contributed by atoms with Gasteiger partial charge in [-0.25, -0.2) is 0 Å². The van der Waals surface area contributed by atoms with E-state index in [-0.39, 0.29) is 5.78 Å². The molecule has 0 unspecified atom stereocenters. The summed E-state index contributed by atoms with van der Waals surface area (Å²) in [5.74, 6) is 0.191. The molecule has 0 bridgehead atoms. The number of hydrogen-bond acceptors (Lipinski definition) is 2. The Kier molecular flexibility index (Phi) is 2.99. The van der Waals surface area contributed by atoms with Crippen LogP contribution < -0.4 is 0 Å². The first kappa shape index (κ1) is 10.1. The van der Waals surface area contributed by atoms with E-state index in [2.05, 4.69) is 11.2 Å². The molecule has 0 aliphatic heterocycles. The van der Waals surface area contributed by atoms with Crippen molar-refractivity contribution >= 4 is 5.78 Å². The smallest absolute Gasteiger partial charge is 0.170 e. The maximum atomic E-state index is 11.8. The molecule has 1 aliphatic rings. The molecule has 0 saturated heterocycles. The molecule has 2 rings (SSSR count). The fourth-order valence-electron chi connectivity index (χ4n) is 1.94. The van der Waals surface area contributed by atoms with Gasteiger partial charge in [0, 0.05) is 19.7 Å². The molecule has 0 aromatic carbocycles. The number of hydrogen-bond donors (Lipinski definition) is 0. The lowest BCUT2D eigenvalue weighted by Crippen LogP contribution is -2.02. The zero-order valence-corrected chi connectivity index (χ0v) is 9.07. The van der Waals surface area contributed by atoms with E-state index in [4.69, 9.17) is 0 Å². The summed E-state index contributed by atoms with van der Waals surface area (Å²) in [6.07, 6.45) is 10.9. The number of rotatable bonds is 3. The standard InChI is InChI=1S/C12H16N2O/c1-14-9-11(8-13-14)12(15)7-10-5-3-2-4-6-10/h5,8-9H,2-4,6-7H2,1H3. The van der Waals surface area contributed by atoms with Crippen molar-refractivity contribution in [2.24, 2.45) is 7.05 Å². The number of carbonyl (C=O) groups is 1. The van der Waals surface area contributed by atoms with Gasteiger partial charge >= 0.3 is 0 Å². The molecule has 0 spiro atoms. The lowest BCUT2D eigenvalue weighted by atomic mass is 9.94. The monoisotopic (exact) mass is 204 g/mol. The minimum absolute atomic E-state index is 0.191. The second kappa shape index (κ2) is 4.43. The van der Waals surface area contributed by atoms with Gasteiger partial charge in [-0.1, -0.05) is 11.6 Å². The van der Waals surface area contributed by atoms with E-state index >= 15 is 0 Å². The van der Waals surface area contributed by atoms with E-state index in [9.17, 15) is 4.79 Å². The van der Waals surface area contributed by atoms with Crippen LogP contribution in [0.3, 0.4) is 0 Å². The third-order valence-electron chi connectivity index (χ3n) is 2.80. The topological polar surface area (TPSA) is 34.9 Å². The van der Waals surface area contributed by atoms with Gasteiger partial charge in [0.1, 0.15) is 0 Å². The van der Waals surface area contributed by atoms with Crippen LogP contribution in [0.15, 0.2) is 24.0 Å². The molecule has 1 aliphatic carbocycles. The number of ketones is 1. The Morgan fingerprint density at radius 1 is 1.53 bits per heavy atom. The summed E-state index contributed by atoms with van der Waals surface area (Å²) in [4.78, 5) is 11.8. The van der Waals surface area contributed by atoms with Gasteiger partial charge < -0.3 is 0 Å². The maximum Gasteiger partial charge on any atom is 0.170 e. The summed E-state index contributed by atoms with van der Waals surface area (Å²) in [5, 5.41) is 4.01. The fourth-order valence-corrected chi connectivity index (χ4v) is 1.94. The molecule has 3 heteroatoms. The molecule has 1 aromatic heterocycles. The molecule has 3 nitrogen and oxygen atoms in total. The van der Waals surface area contributed by atoms with E-state index in [0.29, 0.717) is 6.42 Å². The Morgan fingerprint density at radius 3 is 3.00 bits per heavy atom. The SMILES string of the molecule is Cn1cc(C(=O)CC2=CCCCC2)cn1. The average molecular weight is 204 g/mol. The fraction of sp³-hybridized carbons (Fsp3) is 0.500. The minimum atomic E-state index is 0.191. The van der Waals surface area contributed by atoms with E-state index in [1.54, 1.807) is 17.1 Å². The van der Waals surface area contributed by atoms with Crippen molar-refractivity contribution in [2.45, 2.75) is 32.1 Å². The number of aryl methyl sites for hydroxylation is 1. The van der Waals surface area contributed by atoms with Crippen LogP contribution in [0.1, 0.15) is 42.5 Å². The van der Waals surface area contributed by atoms with E-state index in [1.807, 2.05) is 7.05 Å². The zero-order chi connectivity index (χ0) is 10.7. The third-order valence-corrected chi connectivity index (χ3v) is 2.80. The molecule has 0 radical (unpaired) electrons. The normalized spacial score (nSPS) is 16.2. The Hall–Kier alpha value is -1.38. The van der Waals surface area contributed by atoms with Gasteiger partial charge in [-0.2, -0.15) is 5.10 Å². The number of aromatic nitrogens is 2. The predicted octanol–water partition coefficient (Wildman–Crippen LogP) is 2.49. The second-order valence-electron chi connectivity index (χ2n) is 4.11. The van der Waals surface area contributed by atoms with Gasteiger partial charge in [-0.05, 0) is 25.7 Å². The van der Waals surface area contributed by atoms with E-state index in [0.717, 1.165) is 18.4 Å². The van der Waals surface area contributed by atoms with Crippen molar-refractivity contribution in [1.82, 2.24) is 9.78 Å². The molecule has 0 saturated carbocycles. The summed E-state index contributed by atoms with van der Waals surface area (Å²) in [7, 11) is 1.83. The van der Waals surface area contributed by atoms with Crippen molar-refractivity contribution in [3.05, 3.63) is 29.6 Å². The molecule has 0 amide bonds. The minimum Gasteiger partial charge on any atom is -0.294 e. The Morgan fingerprint density at radius 2 is 2.40 bits per heavy atom. The van der Waals surface area contributed by atoms with E-state index in [1.165, 1.54) is 18.4 Å². The molecular weight excluding hydrogens is 188 g/mol. The summed E-state index contributed by atoms with van der Waals surface area (Å²) in [6, 6.07) is 0. The highest BCUT2D eigenvalue weighted by atomic mass is 16.1. The summed E-state index contributed by atoms with van der Waals surface area (Å²) in [5.41, 5.74) is 2.03. The summed E-state index contributed by atoms with van der Waals surface area (Å²) < 4.78 is 1.67. The predicted molar refractivity (Wildman–Crippen MR) is 58.7 cm³/mol. The van der Waals surface area contributed by atoms with Crippen molar-refractivity contribution < 1.29 is 4.79 Å². The largest absolute Gasteiger partial charge is 0.294 e. The lowest BCUT2D eigenvalue weighted by molar-refractivity contribution is 0.0991. The van der Waals surface area contributed by atoms with Gasteiger partial charge in [-0.15, -0.1) is 0 Å². The highest BCUT2D eigenvalue weighted by Crippen LogP contribution is 2.21. The zero-order valence-electron chi connectivity index (χ0n) is 9.07. The van der Waals surface area contributed by atoms with Crippen LogP contribution in [0, 0.1) is 0 Å². The van der Waals surface area contributed by atoms with Gasteiger partial charge in [0.25, 0.3) is 0 Å².